The molecule has 0 amide bonds. The van der Waals surface area contributed by atoms with Crippen LogP contribution in [0.1, 0.15) is 22.7 Å². The molecule has 1 fully saturated rings. The number of hydrogen-bond donors (Lipinski definition) is 1. The SMILES string of the molecule is Cc1cccc(C(CNCc2cn(C)nc2-c2cc3ccccc3o2)N2CCOCC2)c1. The van der Waals surface area contributed by atoms with E-state index in [1.807, 2.05) is 29.9 Å². The summed E-state index contributed by atoms with van der Waals surface area (Å²) < 4.78 is 13.5. The standard InChI is InChI=1S/C26H30N4O2/c1-19-6-5-8-20(14-19)23(30-10-12-31-13-11-30)17-27-16-22-18-29(2)28-26(22)25-15-21-7-3-4-9-24(21)32-25/h3-9,14-15,18,23,27H,10-13,16-17H2,1-2H3. The van der Waals surface area contributed by atoms with Gasteiger partial charge in [-0.2, -0.15) is 5.10 Å². The second kappa shape index (κ2) is 9.28. The van der Waals surface area contributed by atoms with Crippen molar-refractivity contribution < 1.29 is 9.15 Å². The van der Waals surface area contributed by atoms with Crippen LogP contribution in [0.5, 0.6) is 0 Å². The van der Waals surface area contributed by atoms with Gasteiger partial charge in [0.25, 0.3) is 0 Å². The minimum absolute atomic E-state index is 0.310. The van der Waals surface area contributed by atoms with E-state index < -0.39 is 0 Å². The van der Waals surface area contributed by atoms with Crippen LogP contribution in [0.2, 0.25) is 0 Å². The van der Waals surface area contributed by atoms with E-state index in [1.54, 1.807) is 0 Å². The van der Waals surface area contributed by atoms with Crippen molar-refractivity contribution in [2.24, 2.45) is 7.05 Å². The molecule has 1 aliphatic rings. The molecule has 5 rings (SSSR count). The predicted molar refractivity (Wildman–Crippen MR) is 126 cm³/mol. The maximum atomic E-state index is 6.09. The molecule has 1 atom stereocenters. The Morgan fingerprint density at radius 3 is 2.72 bits per heavy atom. The first-order valence-electron chi connectivity index (χ1n) is 11.3. The summed E-state index contributed by atoms with van der Waals surface area (Å²) in [5, 5.41) is 9.48. The maximum Gasteiger partial charge on any atom is 0.156 e. The van der Waals surface area contributed by atoms with Crippen LogP contribution in [0, 0.1) is 6.92 Å². The number of rotatable bonds is 7. The minimum Gasteiger partial charge on any atom is -0.454 e. The largest absolute Gasteiger partial charge is 0.454 e. The number of ether oxygens (including phenoxy) is 1. The first-order chi connectivity index (χ1) is 15.7. The Labute approximate surface area is 188 Å². The molecule has 0 radical (unpaired) electrons. The third-order valence-electron chi connectivity index (χ3n) is 6.13. The molecule has 0 spiro atoms. The number of aromatic nitrogens is 2. The monoisotopic (exact) mass is 430 g/mol. The van der Waals surface area contributed by atoms with Crippen LogP contribution >= 0.6 is 0 Å². The highest BCUT2D eigenvalue weighted by Gasteiger charge is 2.23. The highest BCUT2D eigenvalue weighted by molar-refractivity contribution is 5.82. The van der Waals surface area contributed by atoms with Crippen molar-refractivity contribution in [3.8, 4) is 11.5 Å². The number of hydrogen-bond acceptors (Lipinski definition) is 5. The number of benzene rings is 2. The number of aryl methyl sites for hydroxylation is 2. The van der Waals surface area contributed by atoms with E-state index in [2.05, 4.69) is 64.8 Å². The fourth-order valence-corrected chi connectivity index (χ4v) is 4.54. The Kier molecular flexibility index (Phi) is 6.08. The number of nitrogens with zero attached hydrogens (tertiary/aromatic N) is 3. The lowest BCUT2D eigenvalue weighted by Crippen LogP contribution is -2.42. The van der Waals surface area contributed by atoms with Gasteiger partial charge in [0.15, 0.2) is 5.76 Å². The molecule has 0 aliphatic carbocycles. The zero-order valence-electron chi connectivity index (χ0n) is 18.8. The molecule has 1 N–H and O–H groups in total. The molecular formula is C26H30N4O2. The molecule has 3 heterocycles. The molecule has 1 saturated heterocycles. The van der Waals surface area contributed by atoms with Gasteiger partial charge in [-0.05, 0) is 24.6 Å². The molecule has 2 aromatic carbocycles. The highest BCUT2D eigenvalue weighted by atomic mass is 16.5. The Morgan fingerprint density at radius 1 is 1.06 bits per heavy atom. The van der Waals surface area contributed by atoms with Gasteiger partial charge in [-0.15, -0.1) is 0 Å². The molecule has 0 saturated carbocycles. The normalized spacial score (nSPS) is 15.9. The molecule has 2 aromatic heterocycles. The lowest BCUT2D eigenvalue weighted by atomic mass is 10.0. The van der Waals surface area contributed by atoms with Crippen LogP contribution in [0.25, 0.3) is 22.4 Å². The van der Waals surface area contributed by atoms with E-state index in [9.17, 15) is 0 Å². The summed E-state index contributed by atoms with van der Waals surface area (Å²) in [6, 6.07) is 19.3. The van der Waals surface area contributed by atoms with E-state index in [4.69, 9.17) is 9.15 Å². The van der Waals surface area contributed by atoms with E-state index >= 15 is 0 Å². The van der Waals surface area contributed by atoms with Crippen molar-refractivity contribution in [3.05, 3.63) is 77.5 Å². The van der Waals surface area contributed by atoms with Crippen LogP contribution in [-0.4, -0.2) is 47.5 Å². The van der Waals surface area contributed by atoms with Crippen molar-refractivity contribution in [2.45, 2.75) is 19.5 Å². The van der Waals surface area contributed by atoms with Crippen LogP contribution in [0.4, 0.5) is 0 Å². The third-order valence-corrected chi connectivity index (χ3v) is 6.13. The predicted octanol–water partition coefficient (Wildman–Crippen LogP) is 4.30. The molecule has 0 bridgehead atoms. The number of morpholine rings is 1. The summed E-state index contributed by atoms with van der Waals surface area (Å²) >= 11 is 0. The first-order valence-corrected chi connectivity index (χ1v) is 11.3. The van der Waals surface area contributed by atoms with Gasteiger partial charge in [-0.25, -0.2) is 0 Å². The number of nitrogens with one attached hydrogen (secondary N) is 1. The van der Waals surface area contributed by atoms with Gasteiger partial charge in [-0.1, -0.05) is 48.0 Å². The van der Waals surface area contributed by atoms with Gasteiger partial charge in [-0.3, -0.25) is 9.58 Å². The van der Waals surface area contributed by atoms with Crippen molar-refractivity contribution >= 4 is 11.0 Å². The van der Waals surface area contributed by atoms with Crippen molar-refractivity contribution in [2.75, 3.05) is 32.8 Å². The fourth-order valence-electron chi connectivity index (χ4n) is 4.54. The Balaban J connectivity index is 1.34. The number of fused-ring (bicyclic) bond motifs is 1. The lowest BCUT2D eigenvalue weighted by Gasteiger charge is -2.35. The van der Waals surface area contributed by atoms with E-state index in [0.29, 0.717) is 6.04 Å². The molecule has 32 heavy (non-hydrogen) atoms. The third kappa shape index (κ3) is 4.48. The smallest absolute Gasteiger partial charge is 0.156 e. The van der Waals surface area contributed by atoms with Crippen molar-refractivity contribution in [1.29, 1.82) is 0 Å². The van der Waals surface area contributed by atoms with E-state index in [0.717, 1.165) is 67.4 Å². The zero-order chi connectivity index (χ0) is 21.9. The minimum atomic E-state index is 0.310. The molecule has 6 heteroatoms. The summed E-state index contributed by atoms with van der Waals surface area (Å²) in [5.74, 6) is 0.812. The topological polar surface area (TPSA) is 55.5 Å². The lowest BCUT2D eigenvalue weighted by molar-refractivity contribution is 0.0161. The summed E-state index contributed by atoms with van der Waals surface area (Å²) in [6.45, 7) is 7.24. The Bertz CT molecular complexity index is 1160. The molecule has 1 unspecified atom stereocenters. The average Bonchev–Trinajstić information content (AvgIpc) is 3.40. The highest BCUT2D eigenvalue weighted by Crippen LogP contribution is 2.29. The van der Waals surface area contributed by atoms with Gasteiger partial charge in [0.05, 0.1) is 13.2 Å². The molecule has 4 aromatic rings. The Hall–Kier alpha value is -2.93. The van der Waals surface area contributed by atoms with E-state index in [1.165, 1.54) is 11.1 Å². The van der Waals surface area contributed by atoms with Gasteiger partial charge in [0, 0.05) is 56.4 Å². The van der Waals surface area contributed by atoms with Crippen molar-refractivity contribution in [1.82, 2.24) is 20.0 Å². The van der Waals surface area contributed by atoms with E-state index in [-0.39, 0.29) is 0 Å². The molecular weight excluding hydrogens is 400 g/mol. The van der Waals surface area contributed by atoms with Gasteiger partial charge in [0.2, 0.25) is 0 Å². The number of furan rings is 1. The summed E-state index contributed by atoms with van der Waals surface area (Å²) in [7, 11) is 1.96. The number of para-hydroxylation sites is 1. The maximum absolute atomic E-state index is 6.09. The second-order valence-corrected chi connectivity index (χ2v) is 8.53. The average molecular weight is 431 g/mol. The van der Waals surface area contributed by atoms with Gasteiger partial charge < -0.3 is 14.5 Å². The quantitative estimate of drug-likeness (QED) is 0.474. The van der Waals surface area contributed by atoms with Gasteiger partial charge >= 0.3 is 0 Å². The molecule has 6 nitrogen and oxygen atoms in total. The van der Waals surface area contributed by atoms with Crippen LogP contribution in [0.3, 0.4) is 0 Å². The van der Waals surface area contributed by atoms with Crippen LogP contribution in [0.15, 0.2) is 65.2 Å². The van der Waals surface area contributed by atoms with Gasteiger partial charge in [0.1, 0.15) is 11.3 Å². The fraction of sp³-hybridized carbons (Fsp3) is 0.346. The summed E-state index contributed by atoms with van der Waals surface area (Å²) in [4.78, 5) is 2.52. The van der Waals surface area contributed by atoms with Crippen molar-refractivity contribution in [3.63, 3.8) is 0 Å². The summed E-state index contributed by atoms with van der Waals surface area (Å²) in [6.07, 6.45) is 2.08. The summed E-state index contributed by atoms with van der Waals surface area (Å²) in [5.41, 5.74) is 5.56. The molecule has 166 valence electrons. The van der Waals surface area contributed by atoms with Crippen LogP contribution < -0.4 is 5.32 Å². The Morgan fingerprint density at radius 2 is 1.91 bits per heavy atom. The molecule has 1 aliphatic heterocycles. The zero-order valence-corrected chi connectivity index (χ0v) is 18.8. The van der Waals surface area contributed by atoms with Crippen LogP contribution in [-0.2, 0) is 18.3 Å². The second-order valence-electron chi connectivity index (χ2n) is 8.53. The first kappa shape index (κ1) is 20.9.